The molecule has 0 aromatic heterocycles. The summed E-state index contributed by atoms with van der Waals surface area (Å²) < 4.78 is 14.5. The van der Waals surface area contributed by atoms with Crippen LogP contribution in [0.3, 0.4) is 0 Å². The van der Waals surface area contributed by atoms with Gasteiger partial charge < -0.3 is 10.6 Å². The van der Waals surface area contributed by atoms with Gasteiger partial charge in [0.2, 0.25) is 0 Å². The van der Waals surface area contributed by atoms with Gasteiger partial charge in [0.1, 0.15) is 5.82 Å². The SMILES string of the molecule is Cl.NC[C@@H]1CN(C(=O)c2c(F)cccc2Br)C[C@H]1c1ccccc1. The smallest absolute Gasteiger partial charge is 0.258 e. The van der Waals surface area contributed by atoms with Crippen molar-refractivity contribution in [2.75, 3.05) is 19.6 Å². The molecule has 2 aromatic rings. The van der Waals surface area contributed by atoms with Gasteiger partial charge in [0.25, 0.3) is 5.91 Å². The van der Waals surface area contributed by atoms with E-state index in [9.17, 15) is 9.18 Å². The number of nitrogens with two attached hydrogens (primary N) is 1. The van der Waals surface area contributed by atoms with Crippen molar-refractivity contribution in [3.63, 3.8) is 0 Å². The highest BCUT2D eigenvalue weighted by atomic mass is 79.9. The number of benzene rings is 2. The van der Waals surface area contributed by atoms with Crippen molar-refractivity contribution in [2.24, 2.45) is 11.7 Å². The zero-order valence-corrected chi connectivity index (χ0v) is 15.4. The lowest BCUT2D eigenvalue weighted by molar-refractivity contribution is 0.0781. The Kier molecular flexibility index (Phi) is 6.38. The van der Waals surface area contributed by atoms with Gasteiger partial charge in [-0.3, -0.25) is 4.79 Å². The summed E-state index contributed by atoms with van der Waals surface area (Å²) in [6.45, 7) is 1.61. The molecule has 1 heterocycles. The largest absolute Gasteiger partial charge is 0.338 e. The average Bonchev–Trinajstić information content (AvgIpc) is 3.00. The minimum atomic E-state index is -0.503. The maximum atomic E-state index is 14.1. The van der Waals surface area contributed by atoms with E-state index in [1.54, 1.807) is 17.0 Å². The van der Waals surface area contributed by atoms with Crippen LogP contribution in [0.2, 0.25) is 0 Å². The summed E-state index contributed by atoms with van der Waals surface area (Å²) in [4.78, 5) is 14.4. The van der Waals surface area contributed by atoms with Crippen molar-refractivity contribution in [2.45, 2.75) is 5.92 Å². The number of nitrogens with zero attached hydrogens (tertiary/aromatic N) is 1. The van der Waals surface area contributed by atoms with E-state index in [1.165, 1.54) is 11.6 Å². The zero-order valence-electron chi connectivity index (χ0n) is 13.0. The maximum absolute atomic E-state index is 14.1. The van der Waals surface area contributed by atoms with Crippen LogP contribution in [0.25, 0.3) is 0 Å². The number of hydrogen-bond acceptors (Lipinski definition) is 2. The summed E-state index contributed by atoms with van der Waals surface area (Å²) in [5.74, 6) is -0.411. The van der Waals surface area contributed by atoms with E-state index in [1.807, 2.05) is 18.2 Å². The first-order valence-corrected chi connectivity index (χ1v) is 8.39. The van der Waals surface area contributed by atoms with Gasteiger partial charge in [-0.2, -0.15) is 0 Å². The van der Waals surface area contributed by atoms with Crippen molar-refractivity contribution >= 4 is 34.2 Å². The van der Waals surface area contributed by atoms with Crippen LogP contribution < -0.4 is 5.73 Å². The molecular formula is C18H19BrClFN2O. The van der Waals surface area contributed by atoms with E-state index in [0.717, 1.165) is 0 Å². The Morgan fingerprint density at radius 3 is 2.50 bits per heavy atom. The van der Waals surface area contributed by atoms with E-state index < -0.39 is 5.82 Å². The van der Waals surface area contributed by atoms with E-state index in [-0.39, 0.29) is 35.7 Å². The second-order valence-electron chi connectivity index (χ2n) is 5.82. The Hall–Kier alpha value is -1.43. The molecule has 0 radical (unpaired) electrons. The van der Waals surface area contributed by atoms with Crippen molar-refractivity contribution in [3.8, 4) is 0 Å². The highest BCUT2D eigenvalue weighted by Gasteiger charge is 2.36. The Bertz CT molecular complexity index is 693. The fourth-order valence-electron chi connectivity index (χ4n) is 3.21. The van der Waals surface area contributed by atoms with Gasteiger partial charge in [0.15, 0.2) is 0 Å². The molecule has 1 saturated heterocycles. The van der Waals surface area contributed by atoms with Crippen LogP contribution in [-0.2, 0) is 0 Å². The minimum absolute atomic E-state index is 0. The molecule has 3 rings (SSSR count). The van der Waals surface area contributed by atoms with Gasteiger partial charge in [-0.1, -0.05) is 36.4 Å². The first kappa shape index (κ1) is 18.9. The number of hydrogen-bond donors (Lipinski definition) is 1. The van der Waals surface area contributed by atoms with Gasteiger partial charge in [0.05, 0.1) is 5.56 Å². The van der Waals surface area contributed by atoms with Gasteiger partial charge in [0, 0.05) is 23.5 Å². The third-order valence-electron chi connectivity index (χ3n) is 4.44. The summed E-state index contributed by atoms with van der Waals surface area (Å²) in [6, 6.07) is 14.6. The topological polar surface area (TPSA) is 46.3 Å². The summed E-state index contributed by atoms with van der Waals surface area (Å²) in [5, 5.41) is 0. The van der Waals surface area contributed by atoms with Crippen LogP contribution in [0, 0.1) is 11.7 Å². The maximum Gasteiger partial charge on any atom is 0.258 e. The molecule has 3 nitrogen and oxygen atoms in total. The van der Waals surface area contributed by atoms with E-state index in [4.69, 9.17) is 5.73 Å². The van der Waals surface area contributed by atoms with Gasteiger partial charge in [-0.25, -0.2) is 4.39 Å². The van der Waals surface area contributed by atoms with Crippen LogP contribution in [0.4, 0.5) is 4.39 Å². The number of likely N-dealkylation sites (tertiary alicyclic amines) is 1. The molecule has 128 valence electrons. The number of carbonyl (C=O) groups excluding carboxylic acids is 1. The molecule has 1 fully saturated rings. The van der Waals surface area contributed by atoms with Crippen molar-refractivity contribution in [1.29, 1.82) is 0 Å². The zero-order chi connectivity index (χ0) is 16.4. The summed E-state index contributed by atoms with van der Waals surface area (Å²) in [7, 11) is 0. The molecule has 24 heavy (non-hydrogen) atoms. The Morgan fingerprint density at radius 1 is 1.17 bits per heavy atom. The van der Waals surface area contributed by atoms with Crippen LogP contribution >= 0.6 is 28.3 Å². The number of rotatable bonds is 3. The molecule has 0 aliphatic carbocycles. The molecule has 0 unspecified atom stereocenters. The standard InChI is InChI=1S/C18H18BrFN2O.ClH/c19-15-7-4-8-16(20)17(15)18(23)22-10-13(9-21)14(11-22)12-5-2-1-3-6-12;/h1-8,13-14H,9-11,21H2;1H/t13-,14+;/m1./s1. The number of halogens is 3. The van der Waals surface area contributed by atoms with Crippen LogP contribution in [0.5, 0.6) is 0 Å². The van der Waals surface area contributed by atoms with Crippen LogP contribution in [0.1, 0.15) is 21.8 Å². The quantitative estimate of drug-likeness (QED) is 0.831. The fourth-order valence-corrected chi connectivity index (χ4v) is 3.73. The Labute approximate surface area is 155 Å². The second-order valence-corrected chi connectivity index (χ2v) is 6.67. The van der Waals surface area contributed by atoms with Gasteiger partial charge >= 0.3 is 0 Å². The lowest BCUT2D eigenvalue weighted by atomic mass is 9.89. The summed E-state index contributed by atoms with van der Waals surface area (Å²) in [6.07, 6.45) is 0. The summed E-state index contributed by atoms with van der Waals surface area (Å²) in [5.41, 5.74) is 7.17. The highest BCUT2D eigenvalue weighted by Crippen LogP contribution is 2.34. The van der Waals surface area contributed by atoms with Gasteiger partial charge in [-0.05, 0) is 46.1 Å². The highest BCUT2D eigenvalue weighted by molar-refractivity contribution is 9.10. The van der Waals surface area contributed by atoms with Crippen LogP contribution in [0.15, 0.2) is 53.0 Å². The van der Waals surface area contributed by atoms with Crippen molar-refractivity contribution < 1.29 is 9.18 Å². The average molecular weight is 414 g/mol. The predicted molar refractivity (Wildman–Crippen MR) is 99.0 cm³/mol. The Balaban J connectivity index is 0.00000208. The molecule has 2 aromatic carbocycles. The minimum Gasteiger partial charge on any atom is -0.338 e. The first-order chi connectivity index (χ1) is 11.1. The Morgan fingerprint density at radius 2 is 1.88 bits per heavy atom. The second kappa shape index (κ2) is 8.10. The molecule has 1 aliphatic rings. The lowest BCUT2D eigenvalue weighted by Crippen LogP contribution is -2.30. The number of carbonyl (C=O) groups is 1. The fraction of sp³-hybridized carbons (Fsp3) is 0.278. The first-order valence-electron chi connectivity index (χ1n) is 7.60. The molecular weight excluding hydrogens is 395 g/mol. The molecule has 2 atom stereocenters. The van der Waals surface area contributed by atoms with Crippen molar-refractivity contribution in [1.82, 2.24) is 4.90 Å². The predicted octanol–water partition coefficient (Wildman–Crippen LogP) is 3.82. The number of amides is 1. The lowest BCUT2D eigenvalue weighted by Gasteiger charge is -2.18. The third-order valence-corrected chi connectivity index (χ3v) is 5.10. The van der Waals surface area contributed by atoms with Crippen LogP contribution in [-0.4, -0.2) is 30.4 Å². The third kappa shape index (κ3) is 3.63. The molecule has 2 N–H and O–H groups in total. The van der Waals surface area contributed by atoms with E-state index in [0.29, 0.717) is 24.1 Å². The molecule has 0 spiro atoms. The van der Waals surface area contributed by atoms with Crippen molar-refractivity contribution in [3.05, 3.63) is 69.9 Å². The molecule has 1 aliphatic heterocycles. The molecule has 0 bridgehead atoms. The molecule has 6 heteroatoms. The molecule has 1 amide bonds. The molecule has 0 saturated carbocycles. The van der Waals surface area contributed by atoms with Gasteiger partial charge in [-0.15, -0.1) is 12.4 Å². The van der Waals surface area contributed by atoms with E-state index in [2.05, 4.69) is 28.1 Å². The monoisotopic (exact) mass is 412 g/mol. The summed E-state index contributed by atoms with van der Waals surface area (Å²) >= 11 is 3.27. The normalized spacial score (nSPS) is 19.9. The van der Waals surface area contributed by atoms with E-state index >= 15 is 0 Å².